The summed E-state index contributed by atoms with van der Waals surface area (Å²) in [5.41, 5.74) is -0.416. The summed E-state index contributed by atoms with van der Waals surface area (Å²) in [6, 6.07) is 2.20. The topological polar surface area (TPSA) is 130 Å². The third-order valence-electron chi connectivity index (χ3n) is 1.62. The lowest BCUT2D eigenvalue weighted by Gasteiger charge is -2.07. The maximum absolute atomic E-state index is 11.4. The zero-order valence-electron chi connectivity index (χ0n) is 9.19. The molecule has 0 fully saturated rings. The number of carboxylic acid groups (broad SMARTS) is 1. The number of aromatic nitrogens is 1. The largest absolute Gasteiger partial charge is 0.477 e. The fourth-order valence-electron chi connectivity index (χ4n) is 1.10. The van der Waals surface area contributed by atoms with E-state index in [9.17, 15) is 21.6 Å². The standard InChI is InChI=1S/C8H10N2O6S2/c1-17(13,14)5-18(15,16)10-6-2-3-9-7(4-6)8(11)12/h2-4H,5H2,1H3,(H,9,10)(H,11,12). The van der Waals surface area contributed by atoms with Crippen molar-refractivity contribution in [3.05, 3.63) is 24.0 Å². The van der Waals surface area contributed by atoms with Gasteiger partial charge < -0.3 is 5.11 Å². The molecular weight excluding hydrogens is 284 g/mol. The smallest absolute Gasteiger partial charge is 0.354 e. The molecule has 0 aliphatic carbocycles. The van der Waals surface area contributed by atoms with Gasteiger partial charge in [0.05, 0.1) is 5.69 Å². The second-order valence-electron chi connectivity index (χ2n) is 3.50. The van der Waals surface area contributed by atoms with Crippen molar-refractivity contribution in [3.8, 4) is 0 Å². The molecule has 1 rings (SSSR count). The summed E-state index contributed by atoms with van der Waals surface area (Å²) in [6.45, 7) is 0. The van der Waals surface area contributed by atoms with E-state index in [0.717, 1.165) is 18.5 Å². The third kappa shape index (κ3) is 4.67. The third-order valence-corrected chi connectivity index (χ3v) is 5.12. The second kappa shape index (κ2) is 4.90. The Bertz CT molecular complexity index is 665. The Balaban J connectivity index is 2.98. The highest BCUT2D eigenvalue weighted by atomic mass is 32.3. The number of hydrogen-bond donors (Lipinski definition) is 2. The van der Waals surface area contributed by atoms with Crippen LogP contribution in [-0.4, -0.2) is 44.2 Å². The van der Waals surface area contributed by atoms with E-state index in [1.165, 1.54) is 6.07 Å². The van der Waals surface area contributed by atoms with Crippen molar-refractivity contribution in [2.24, 2.45) is 0 Å². The molecule has 18 heavy (non-hydrogen) atoms. The maximum atomic E-state index is 11.4. The van der Waals surface area contributed by atoms with Crippen molar-refractivity contribution in [1.82, 2.24) is 4.98 Å². The van der Waals surface area contributed by atoms with Crippen molar-refractivity contribution < 1.29 is 26.7 Å². The van der Waals surface area contributed by atoms with Gasteiger partial charge in [-0.1, -0.05) is 0 Å². The lowest BCUT2D eigenvalue weighted by atomic mass is 10.3. The molecule has 0 bridgehead atoms. The molecule has 0 aliphatic rings. The first kappa shape index (κ1) is 14.4. The van der Waals surface area contributed by atoms with E-state index in [4.69, 9.17) is 5.11 Å². The minimum atomic E-state index is -4.09. The number of rotatable bonds is 5. The zero-order chi connectivity index (χ0) is 14.0. The van der Waals surface area contributed by atoms with Gasteiger partial charge in [0.25, 0.3) is 0 Å². The molecule has 8 nitrogen and oxygen atoms in total. The number of nitrogens with one attached hydrogen (secondary N) is 1. The molecule has 0 aromatic carbocycles. The van der Waals surface area contributed by atoms with Crippen LogP contribution in [0.15, 0.2) is 18.3 Å². The first-order valence-electron chi connectivity index (χ1n) is 4.47. The highest BCUT2D eigenvalue weighted by molar-refractivity contribution is 8.08. The Kier molecular flexibility index (Phi) is 3.92. The van der Waals surface area contributed by atoms with Crippen LogP contribution in [0.25, 0.3) is 0 Å². The highest BCUT2D eigenvalue weighted by Crippen LogP contribution is 2.11. The van der Waals surface area contributed by atoms with Crippen molar-refractivity contribution in [3.63, 3.8) is 0 Å². The molecule has 10 heteroatoms. The van der Waals surface area contributed by atoms with Gasteiger partial charge in [-0.3, -0.25) is 4.72 Å². The predicted octanol–water partition coefficient (Wildman–Crippen LogP) is -0.476. The van der Waals surface area contributed by atoms with Gasteiger partial charge in [-0.05, 0) is 12.1 Å². The lowest BCUT2D eigenvalue weighted by Crippen LogP contribution is -2.22. The first-order valence-corrected chi connectivity index (χ1v) is 8.18. The van der Waals surface area contributed by atoms with E-state index >= 15 is 0 Å². The summed E-state index contributed by atoms with van der Waals surface area (Å²) in [6.07, 6.45) is 1.88. The van der Waals surface area contributed by atoms with Crippen LogP contribution < -0.4 is 4.72 Å². The van der Waals surface area contributed by atoms with E-state index < -0.39 is 30.9 Å². The normalized spacial score (nSPS) is 12.1. The van der Waals surface area contributed by atoms with Crippen LogP contribution >= 0.6 is 0 Å². The van der Waals surface area contributed by atoms with Gasteiger partial charge in [-0.25, -0.2) is 26.6 Å². The quantitative estimate of drug-likeness (QED) is 0.750. The van der Waals surface area contributed by atoms with E-state index in [0.29, 0.717) is 0 Å². The number of nitrogens with zero attached hydrogens (tertiary/aromatic N) is 1. The Morgan fingerprint density at radius 3 is 2.50 bits per heavy atom. The molecule has 0 radical (unpaired) electrons. The Morgan fingerprint density at radius 2 is 2.00 bits per heavy atom. The SMILES string of the molecule is CS(=O)(=O)CS(=O)(=O)Nc1ccnc(C(=O)O)c1. The summed E-state index contributed by atoms with van der Waals surface area (Å²) in [7, 11) is -7.80. The monoisotopic (exact) mass is 294 g/mol. The fraction of sp³-hybridized carbons (Fsp3) is 0.250. The molecule has 0 saturated carbocycles. The van der Waals surface area contributed by atoms with Crippen molar-refractivity contribution in [1.29, 1.82) is 0 Å². The van der Waals surface area contributed by atoms with Crippen molar-refractivity contribution >= 4 is 31.5 Å². The molecule has 0 amide bonds. The summed E-state index contributed by atoms with van der Waals surface area (Å²) in [5.74, 6) is -1.32. The van der Waals surface area contributed by atoms with Crippen molar-refractivity contribution in [2.45, 2.75) is 0 Å². The van der Waals surface area contributed by atoms with Crippen LogP contribution in [0.2, 0.25) is 0 Å². The number of sulfone groups is 1. The number of pyridine rings is 1. The van der Waals surface area contributed by atoms with Crippen molar-refractivity contribution in [2.75, 3.05) is 16.1 Å². The Labute approximate surface area is 104 Å². The number of carbonyl (C=O) groups is 1. The molecule has 0 aliphatic heterocycles. The van der Waals surface area contributed by atoms with Crippen LogP contribution in [0.1, 0.15) is 10.5 Å². The second-order valence-corrected chi connectivity index (χ2v) is 7.72. The van der Waals surface area contributed by atoms with Gasteiger partial charge in [0.1, 0.15) is 5.69 Å². The van der Waals surface area contributed by atoms with Crippen LogP contribution in [0.3, 0.4) is 0 Å². The average molecular weight is 294 g/mol. The zero-order valence-corrected chi connectivity index (χ0v) is 10.8. The molecule has 0 saturated heterocycles. The van der Waals surface area contributed by atoms with Gasteiger partial charge in [0, 0.05) is 12.5 Å². The molecular formula is C8H10N2O6S2. The molecule has 0 atom stereocenters. The van der Waals surface area contributed by atoms with Gasteiger partial charge >= 0.3 is 5.97 Å². The van der Waals surface area contributed by atoms with E-state index in [-0.39, 0.29) is 11.4 Å². The van der Waals surface area contributed by atoms with E-state index in [1.807, 2.05) is 4.72 Å². The van der Waals surface area contributed by atoms with Gasteiger partial charge in [0.2, 0.25) is 10.0 Å². The molecule has 100 valence electrons. The lowest BCUT2D eigenvalue weighted by molar-refractivity contribution is 0.0690. The molecule has 1 heterocycles. The number of sulfonamides is 1. The van der Waals surface area contributed by atoms with Gasteiger partial charge in [-0.2, -0.15) is 0 Å². The van der Waals surface area contributed by atoms with Crippen LogP contribution in [0, 0.1) is 0 Å². The Hall–Kier alpha value is -1.68. The number of anilines is 1. The summed E-state index contributed by atoms with van der Waals surface area (Å²) >= 11 is 0. The first-order chi connectivity index (χ1) is 8.09. The number of aromatic carboxylic acids is 1. The molecule has 0 unspecified atom stereocenters. The molecule has 2 N–H and O–H groups in total. The van der Waals surface area contributed by atoms with Gasteiger partial charge in [0.15, 0.2) is 14.9 Å². The summed E-state index contributed by atoms with van der Waals surface area (Å²) in [5, 5.41) is 7.58. The fourth-order valence-corrected chi connectivity index (χ4v) is 4.08. The maximum Gasteiger partial charge on any atom is 0.354 e. The Morgan fingerprint density at radius 1 is 1.39 bits per heavy atom. The minimum absolute atomic E-state index is 0.0638. The summed E-state index contributed by atoms with van der Waals surface area (Å²) in [4.78, 5) is 14.1. The average Bonchev–Trinajstić information content (AvgIpc) is 2.12. The van der Waals surface area contributed by atoms with Gasteiger partial charge in [-0.15, -0.1) is 0 Å². The predicted molar refractivity (Wildman–Crippen MR) is 63.4 cm³/mol. The van der Waals surface area contributed by atoms with Crippen LogP contribution in [0.5, 0.6) is 0 Å². The molecule has 0 spiro atoms. The summed E-state index contributed by atoms with van der Waals surface area (Å²) < 4.78 is 46.6. The van der Waals surface area contributed by atoms with Crippen LogP contribution in [-0.2, 0) is 19.9 Å². The van der Waals surface area contributed by atoms with Crippen LogP contribution in [0.4, 0.5) is 5.69 Å². The minimum Gasteiger partial charge on any atom is -0.477 e. The molecule has 1 aromatic rings. The number of hydrogen-bond acceptors (Lipinski definition) is 6. The highest BCUT2D eigenvalue weighted by Gasteiger charge is 2.18. The van der Waals surface area contributed by atoms with E-state index in [1.54, 1.807) is 0 Å². The number of carboxylic acids is 1. The van der Waals surface area contributed by atoms with E-state index in [2.05, 4.69) is 4.98 Å². The molecule has 1 aromatic heterocycles.